The minimum Gasteiger partial charge on any atom is -0.228 e. The molecule has 0 aliphatic heterocycles. The molecular formula is C12H12ClNO2S. The molecule has 1 atom stereocenters. The maximum atomic E-state index is 11.9. The van der Waals surface area contributed by atoms with Crippen molar-refractivity contribution in [1.29, 1.82) is 0 Å². The Labute approximate surface area is 106 Å². The van der Waals surface area contributed by atoms with Crippen LogP contribution in [-0.2, 0) is 14.8 Å². The van der Waals surface area contributed by atoms with Crippen LogP contribution in [0.2, 0.25) is 0 Å². The van der Waals surface area contributed by atoms with Gasteiger partial charge in [-0.15, -0.1) is 0 Å². The van der Waals surface area contributed by atoms with Crippen molar-refractivity contribution in [2.45, 2.75) is 11.2 Å². The van der Waals surface area contributed by atoms with Crippen molar-refractivity contribution in [3.8, 4) is 0 Å². The third-order valence-electron chi connectivity index (χ3n) is 2.88. The molecule has 0 saturated carbocycles. The summed E-state index contributed by atoms with van der Waals surface area (Å²) in [5.74, 6) is 0. The highest BCUT2D eigenvalue weighted by Crippen LogP contribution is 2.38. The lowest BCUT2D eigenvalue weighted by atomic mass is 9.91. The Morgan fingerprint density at radius 1 is 1.24 bits per heavy atom. The second kappa shape index (κ2) is 4.29. The summed E-state index contributed by atoms with van der Waals surface area (Å²) in [6.45, 7) is 0. The van der Waals surface area contributed by atoms with Gasteiger partial charge in [0.2, 0.25) is 10.0 Å². The highest BCUT2D eigenvalue weighted by Gasteiger charge is 2.41. The fourth-order valence-corrected chi connectivity index (χ4v) is 3.09. The second-order valence-electron chi connectivity index (χ2n) is 3.93. The third kappa shape index (κ3) is 2.16. The summed E-state index contributed by atoms with van der Waals surface area (Å²) in [7, 11) is -3.75. The predicted molar refractivity (Wildman–Crippen MR) is 68.9 cm³/mol. The highest BCUT2D eigenvalue weighted by atomic mass is 35.5. The smallest absolute Gasteiger partial charge is 0.223 e. The van der Waals surface area contributed by atoms with Crippen molar-refractivity contribution in [1.82, 2.24) is 0 Å². The monoisotopic (exact) mass is 269 g/mol. The number of benzene rings is 1. The standard InChI is InChI=1S/C12H12ClNO2S/c13-11-6-8-12(9-7-11,17(14,15)16)10-4-2-1-3-5-10/h1-8H,9H2,(H2,14,15,16). The molecule has 1 aromatic rings. The number of sulfonamides is 1. The van der Waals surface area contributed by atoms with Crippen LogP contribution in [-0.4, -0.2) is 8.42 Å². The molecule has 0 fully saturated rings. The van der Waals surface area contributed by atoms with E-state index in [4.69, 9.17) is 16.7 Å². The van der Waals surface area contributed by atoms with Gasteiger partial charge in [0.1, 0.15) is 4.75 Å². The minimum absolute atomic E-state index is 0.255. The van der Waals surface area contributed by atoms with E-state index in [0.29, 0.717) is 10.6 Å². The Bertz CT molecular complexity index is 578. The number of allylic oxidation sites excluding steroid dienone is 3. The molecule has 1 aliphatic carbocycles. The molecule has 17 heavy (non-hydrogen) atoms. The SMILES string of the molecule is NS(=O)(=O)C1(c2ccccc2)C=CC(Cl)=CC1. The van der Waals surface area contributed by atoms with Crippen molar-refractivity contribution in [3.05, 3.63) is 59.2 Å². The van der Waals surface area contributed by atoms with Gasteiger partial charge in [-0.2, -0.15) is 0 Å². The van der Waals surface area contributed by atoms with Crippen molar-refractivity contribution in [2.75, 3.05) is 0 Å². The number of nitrogens with two attached hydrogens (primary N) is 1. The van der Waals surface area contributed by atoms with Crippen LogP contribution in [0.3, 0.4) is 0 Å². The van der Waals surface area contributed by atoms with Gasteiger partial charge in [-0.1, -0.05) is 54.1 Å². The first-order valence-electron chi connectivity index (χ1n) is 5.08. The van der Waals surface area contributed by atoms with E-state index in [1.54, 1.807) is 42.5 Å². The van der Waals surface area contributed by atoms with Crippen LogP contribution in [0.1, 0.15) is 12.0 Å². The Morgan fingerprint density at radius 3 is 2.35 bits per heavy atom. The van der Waals surface area contributed by atoms with Gasteiger partial charge in [0.05, 0.1) is 0 Å². The summed E-state index contributed by atoms with van der Waals surface area (Å²) in [4.78, 5) is 0. The lowest BCUT2D eigenvalue weighted by molar-refractivity contribution is 0.559. The molecule has 0 saturated heterocycles. The van der Waals surface area contributed by atoms with Crippen LogP contribution in [0.5, 0.6) is 0 Å². The van der Waals surface area contributed by atoms with Crippen LogP contribution in [0, 0.1) is 0 Å². The molecule has 1 unspecified atom stereocenters. The van der Waals surface area contributed by atoms with Gasteiger partial charge in [-0.25, -0.2) is 13.6 Å². The zero-order chi connectivity index (χ0) is 12.5. The predicted octanol–water partition coefficient (Wildman–Crippen LogP) is 2.25. The Kier molecular flexibility index (Phi) is 3.12. The lowest BCUT2D eigenvalue weighted by Gasteiger charge is -2.29. The van der Waals surface area contributed by atoms with Gasteiger partial charge in [0.25, 0.3) is 0 Å². The molecule has 0 heterocycles. The van der Waals surface area contributed by atoms with E-state index in [9.17, 15) is 8.42 Å². The van der Waals surface area contributed by atoms with Gasteiger partial charge in [0.15, 0.2) is 0 Å². The van der Waals surface area contributed by atoms with Gasteiger partial charge < -0.3 is 0 Å². The average molecular weight is 270 g/mol. The molecule has 1 aliphatic rings. The summed E-state index contributed by atoms with van der Waals surface area (Å²) in [6.07, 6.45) is 5.05. The summed E-state index contributed by atoms with van der Waals surface area (Å²) < 4.78 is 22.5. The second-order valence-corrected chi connectivity index (χ2v) is 6.18. The van der Waals surface area contributed by atoms with Gasteiger partial charge in [0, 0.05) is 5.03 Å². The topological polar surface area (TPSA) is 60.2 Å². The highest BCUT2D eigenvalue weighted by molar-refractivity contribution is 7.90. The van der Waals surface area contributed by atoms with Crippen LogP contribution < -0.4 is 5.14 Å². The fourth-order valence-electron chi connectivity index (χ4n) is 1.91. The van der Waals surface area contributed by atoms with Gasteiger partial charge in [-0.05, 0) is 18.1 Å². The van der Waals surface area contributed by atoms with Crippen LogP contribution in [0.15, 0.2) is 53.6 Å². The lowest BCUT2D eigenvalue weighted by Crippen LogP contribution is -2.39. The zero-order valence-corrected chi connectivity index (χ0v) is 10.6. The van der Waals surface area contributed by atoms with Crippen LogP contribution in [0.4, 0.5) is 0 Å². The van der Waals surface area contributed by atoms with E-state index in [0.717, 1.165) is 0 Å². The minimum atomic E-state index is -3.75. The molecule has 2 rings (SSSR count). The maximum Gasteiger partial charge on any atom is 0.223 e. The van der Waals surface area contributed by atoms with E-state index in [1.807, 2.05) is 6.07 Å². The average Bonchev–Trinajstić information content (AvgIpc) is 2.30. The van der Waals surface area contributed by atoms with Crippen molar-refractivity contribution >= 4 is 21.6 Å². The Balaban J connectivity index is 2.60. The zero-order valence-electron chi connectivity index (χ0n) is 9.01. The van der Waals surface area contributed by atoms with E-state index >= 15 is 0 Å². The molecule has 2 N–H and O–H groups in total. The van der Waals surface area contributed by atoms with Gasteiger partial charge in [-0.3, -0.25) is 0 Å². The van der Waals surface area contributed by atoms with E-state index < -0.39 is 14.8 Å². The van der Waals surface area contributed by atoms with E-state index in [2.05, 4.69) is 0 Å². The fraction of sp³-hybridized carbons (Fsp3) is 0.167. The first kappa shape index (κ1) is 12.4. The van der Waals surface area contributed by atoms with E-state index in [1.165, 1.54) is 0 Å². The maximum absolute atomic E-state index is 11.9. The van der Waals surface area contributed by atoms with Crippen LogP contribution in [0.25, 0.3) is 0 Å². The Hall–Kier alpha value is -1.10. The number of hydrogen-bond donors (Lipinski definition) is 1. The summed E-state index contributed by atoms with van der Waals surface area (Å²) >= 11 is 5.82. The molecule has 3 nitrogen and oxygen atoms in total. The number of rotatable bonds is 2. The number of hydrogen-bond acceptors (Lipinski definition) is 2. The normalized spacial score (nSPS) is 24.5. The molecule has 0 bridgehead atoms. The van der Waals surface area contributed by atoms with Crippen LogP contribution >= 0.6 is 11.6 Å². The summed E-state index contributed by atoms with van der Waals surface area (Å²) in [6, 6.07) is 8.91. The van der Waals surface area contributed by atoms with Crippen molar-refractivity contribution in [2.24, 2.45) is 5.14 Å². The molecule has 0 spiro atoms. The molecule has 0 amide bonds. The van der Waals surface area contributed by atoms with Crippen molar-refractivity contribution < 1.29 is 8.42 Å². The Morgan fingerprint density at radius 2 is 1.88 bits per heavy atom. The molecule has 0 aromatic heterocycles. The van der Waals surface area contributed by atoms with Gasteiger partial charge >= 0.3 is 0 Å². The molecular weight excluding hydrogens is 258 g/mol. The first-order chi connectivity index (χ1) is 7.96. The molecule has 1 aromatic carbocycles. The number of primary sulfonamides is 1. The van der Waals surface area contributed by atoms with E-state index in [-0.39, 0.29) is 6.42 Å². The quantitative estimate of drug-likeness (QED) is 0.895. The summed E-state index contributed by atoms with van der Waals surface area (Å²) in [5, 5.41) is 5.90. The molecule has 0 radical (unpaired) electrons. The largest absolute Gasteiger partial charge is 0.228 e. The summed E-state index contributed by atoms with van der Waals surface area (Å²) in [5.41, 5.74) is 0.652. The molecule has 90 valence electrons. The van der Waals surface area contributed by atoms with Crippen molar-refractivity contribution in [3.63, 3.8) is 0 Å². The first-order valence-corrected chi connectivity index (χ1v) is 7.01. The number of halogens is 1. The third-order valence-corrected chi connectivity index (χ3v) is 4.72. The molecule has 5 heteroatoms.